The third-order valence-corrected chi connectivity index (χ3v) is 5.00. The van der Waals surface area contributed by atoms with Gasteiger partial charge in [-0.3, -0.25) is 0 Å². The van der Waals surface area contributed by atoms with E-state index in [0.29, 0.717) is 6.54 Å². The van der Waals surface area contributed by atoms with Gasteiger partial charge in [0.05, 0.1) is 5.60 Å². The predicted octanol–water partition coefficient (Wildman–Crippen LogP) is 1.36. The topological polar surface area (TPSA) is 61.3 Å². The van der Waals surface area contributed by atoms with Gasteiger partial charge in [-0.2, -0.15) is 11.8 Å². The molecule has 0 aliphatic carbocycles. The molecule has 2 aliphatic rings. The molecular weight excluding hydrogens is 260 g/mol. The van der Waals surface area contributed by atoms with Crippen molar-refractivity contribution in [3.05, 3.63) is 12.4 Å². The van der Waals surface area contributed by atoms with Crippen LogP contribution in [0.4, 0.5) is 11.6 Å². The third kappa shape index (κ3) is 3.12. The highest BCUT2D eigenvalue weighted by molar-refractivity contribution is 7.99. The highest BCUT2D eigenvalue weighted by Gasteiger charge is 2.31. The minimum atomic E-state index is -0.580. The van der Waals surface area contributed by atoms with Crippen molar-refractivity contribution < 1.29 is 5.11 Å². The molecule has 3 heterocycles. The molecule has 0 aromatic carbocycles. The van der Waals surface area contributed by atoms with Crippen LogP contribution >= 0.6 is 11.8 Å². The zero-order valence-electron chi connectivity index (χ0n) is 11.0. The molecule has 1 atom stereocenters. The highest BCUT2D eigenvalue weighted by atomic mass is 32.2. The van der Waals surface area contributed by atoms with Crippen molar-refractivity contribution in [1.29, 1.82) is 0 Å². The summed E-state index contributed by atoms with van der Waals surface area (Å²) in [7, 11) is 0. The lowest BCUT2D eigenvalue weighted by molar-refractivity contribution is 0.0819. The van der Waals surface area contributed by atoms with Gasteiger partial charge in [-0.1, -0.05) is 0 Å². The Labute approximate surface area is 117 Å². The van der Waals surface area contributed by atoms with Gasteiger partial charge in [0, 0.05) is 31.5 Å². The highest BCUT2D eigenvalue weighted by Crippen LogP contribution is 2.28. The lowest BCUT2D eigenvalue weighted by Crippen LogP contribution is -2.36. The molecule has 1 aromatic heterocycles. The van der Waals surface area contributed by atoms with E-state index < -0.39 is 5.60 Å². The number of nitrogens with one attached hydrogen (secondary N) is 1. The molecule has 2 aliphatic heterocycles. The molecule has 0 radical (unpaired) electrons. The quantitative estimate of drug-likeness (QED) is 0.868. The van der Waals surface area contributed by atoms with E-state index in [9.17, 15) is 5.11 Å². The molecule has 104 valence electrons. The Hall–Kier alpha value is -1.01. The summed E-state index contributed by atoms with van der Waals surface area (Å²) in [5.74, 6) is 3.65. The summed E-state index contributed by atoms with van der Waals surface area (Å²) >= 11 is 1.81. The summed E-state index contributed by atoms with van der Waals surface area (Å²) in [5.41, 5.74) is -0.580. The fourth-order valence-corrected chi connectivity index (χ4v) is 3.85. The van der Waals surface area contributed by atoms with Gasteiger partial charge in [-0.15, -0.1) is 0 Å². The molecule has 2 N–H and O–H groups in total. The average Bonchev–Trinajstić information content (AvgIpc) is 3.09. The van der Waals surface area contributed by atoms with Crippen molar-refractivity contribution in [2.75, 3.05) is 41.4 Å². The van der Waals surface area contributed by atoms with Gasteiger partial charge in [-0.05, 0) is 25.0 Å². The second kappa shape index (κ2) is 5.54. The van der Waals surface area contributed by atoms with Crippen LogP contribution in [0.3, 0.4) is 0 Å². The Kier molecular flexibility index (Phi) is 3.79. The van der Waals surface area contributed by atoms with Crippen LogP contribution in [0.25, 0.3) is 0 Å². The van der Waals surface area contributed by atoms with Crippen LogP contribution in [0.15, 0.2) is 12.4 Å². The van der Waals surface area contributed by atoms with Gasteiger partial charge in [-0.25, -0.2) is 9.97 Å². The number of aromatic nitrogens is 2. The lowest BCUT2D eigenvalue weighted by atomic mass is 10.0. The van der Waals surface area contributed by atoms with E-state index in [1.807, 2.05) is 17.8 Å². The third-order valence-electron chi connectivity index (χ3n) is 3.76. The Morgan fingerprint density at radius 2 is 2.21 bits per heavy atom. The largest absolute Gasteiger partial charge is 0.387 e. The standard InChI is InChI=1S/C13H20N4OS/c18-13(3-6-19-9-13)8-14-11-7-12(16-10-15-11)17-4-1-2-5-17/h7,10,18H,1-6,8-9H2,(H,14,15,16)/t13-/m0/s1. The molecule has 0 spiro atoms. The maximum absolute atomic E-state index is 10.3. The Morgan fingerprint density at radius 1 is 1.37 bits per heavy atom. The van der Waals surface area contributed by atoms with Gasteiger partial charge in [0.25, 0.3) is 0 Å². The summed E-state index contributed by atoms with van der Waals surface area (Å²) in [6.45, 7) is 2.73. The number of aliphatic hydroxyl groups is 1. The normalized spacial score (nSPS) is 26.9. The van der Waals surface area contributed by atoms with E-state index >= 15 is 0 Å². The molecule has 1 aromatic rings. The van der Waals surface area contributed by atoms with Crippen LogP contribution in [-0.4, -0.2) is 51.8 Å². The van der Waals surface area contributed by atoms with E-state index in [1.54, 1.807) is 6.33 Å². The molecule has 2 fully saturated rings. The number of hydrogen-bond acceptors (Lipinski definition) is 6. The molecule has 19 heavy (non-hydrogen) atoms. The van der Waals surface area contributed by atoms with Gasteiger partial charge in [0.1, 0.15) is 18.0 Å². The van der Waals surface area contributed by atoms with Gasteiger partial charge in [0.2, 0.25) is 0 Å². The number of nitrogens with zero attached hydrogens (tertiary/aromatic N) is 3. The Balaban J connectivity index is 1.62. The van der Waals surface area contributed by atoms with Crippen LogP contribution in [0.2, 0.25) is 0 Å². The maximum Gasteiger partial charge on any atom is 0.134 e. The van der Waals surface area contributed by atoms with E-state index in [0.717, 1.165) is 42.7 Å². The number of anilines is 2. The molecule has 6 heteroatoms. The fourth-order valence-electron chi connectivity index (χ4n) is 2.55. The monoisotopic (exact) mass is 280 g/mol. The number of hydrogen-bond donors (Lipinski definition) is 2. The van der Waals surface area contributed by atoms with Crippen molar-refractivity contribution in [3.63, 3.8) is 0 Å². The molecule has 0 bridgehead atoms. The zero-order chi connectivity index (χ0) is 13.1. The van der Waals surface area contributed by atoms with Gasteiger partial charge >= 0.3 is 0 Å². The van der Waals surface area contributed by atoms with Crippen molar-refractivity contribution >= 4 is 23.4 Å². The van der Waals surface area contributed by atoms with Crippen molar-refractivity contribution in [3.8, 4) is 0 Å². The van der Waals surface area contributed by atoms with Crippen LogP contribution in [0.5, 0.6) is 0 Å². The first-order valence-electron chi connectivity index (χ1n) is 6.86. The van der Waals surface area contributed by atoms with Crippen LogP contribution in [0.1, 0.15) is 19.3 Å². The van der Waals surface area contributed by atoms with E-state index in [-0.39, 0.29) is 0 Å². The molecule has 0 unspecified atom stereocenters. The van der Waals surface area contributed by atoms with Crippen molar-refractivity contribution in [2.45, 2.75) is 24.9 Å². The lowest BCUT2D eigenvalue weighted by Gasteiger charge is -2.22. The van der Waals surface area contributed by atoms with E-state index in [1.165, 1.54) is 12.8 Å². The molecule has 0 saturated carbocycles. The predicted molar refractivity (Wildman–Crippen MR) is 78.9 cm³/mol. The fraction of sp³-hybridized carbons (Fsp3) is 0.692. The van der Waals surface area contributed by atoms with Gasteiger partial charge in [0.15, 0.2) is 0 Å². The maximum atomic E-state index is 10.3. The zero-order valence-corrected chi connectivity index (χ0v) is 11.8. The van der Waals surface area contributed by atoms with Crippen molar-refractivity contribution in [1.82, 2.24) is 9.97 Å². The van der Waals surface area contributed by atoms with E-state index in [2.05, 4.69) is 20.2 Å². The molecular formula is C13H20N4OS. The van der Waals surface area contributed by atoms with Gasteiger partial charge < -0.3 is 15.3 Å². The second-order valence-corrected chi connectivity index (χ2v) is 6.44. The summed E-state index contributed by atoms with van der Waals surface area (Å²) < 4.78 is 0. The minimum absolute atomic E-state index is 0.566. The smallest absolute Gasteiger partial charge is 0.134 e. The van der Waals surface area contributed by atoms with E-state index in [4.69, 9.17) is 0 Å². The first kappa shape index (κ1) is 13.0. The molecule has 3 rings (SSSR count). The Bertz CT molecular complexity index is 430. The minimum Gasteiger partial charge on any atom is -0.387 e. The Morgan fingerprint density at radius 3 is 2.95 bits per heavy atom. The first-order valence-corrected chi connectivity index (χ1v) is 8.02. The number of thioether (sulfide) groups is 1. The summed E-state index contributed by atoms with van der Waals surface area (Å²) in [5, 5.41) is 13.5. The number of rotatable bonds is 4. The first-order chi connectivity index (χ1) is 9.25. The SMILES string of the molecule is O[C@]1(CNc2cc(N3CCCC3)ncn2)CCSC1. The average molecular weight is 280 g/mol. The summed E-state index contributed by atoms with van der Waals surface area (Å²) in [6, 6.07) is 1.98. The van der Waals surface area contributed by atoms with Crippen LogP contribution in [0, 0.1) is 0 Å². The van der Waals surface area contributed by atoms with Crippen molar-refractivity contribution in [2.24, 2.45) is 0 Å². The second-order valence-electron chi connectivity index (χ2n) is 5.34. The van der Waals surface area contributed by atoms with Crippen LogP contribution in [-0.2, 0) is 0 Å². The molecule has 2 saturated heterocycles. The summed E-state index contributed by atoms with van der Waals surface area (Å²) in [6.07, 6.45) is 4.94. The summed E-state index contributed by atoms with van der Waals surface area (Å²) in [4.78, 5) is 10.8. The molecule has 0 amide bonds. The molecule has 5 nitrogen and oxygen atoms in total. The van der Waals surface area contributed by atoms with Crippen LogP contribution < -0.4 is 10.2 Å².